The molecule has 25 heavy (non-hydrogen) atoms. The number of benzene rings is 2. The minimum Gasteiger partial charge on any atom is -0.481 e. The van der Waals surface area contributed by atoms with Gasteiger partial charge >= 0.3 is 5.97 Å². The topological polar surface area (TPSA) is 80.4 Å². The minimum atomic E-state index is -0.854. The maximum Gasteiger partial charge on any atom is 0.303 e. The summed E-state index contributed by atoms with van der Waals surface area (Å²) in [7, 11) is 0. The molecule has 0 spiro atoms. The van der Waals surface area contributed by atoms with E-state index in [1.165, 1.54) is 0 Å². The molecule has 0 aliphatic rings. The fourth-order valence-corrected chi connectivity index (χ4v) is 2.89. The van der Waals surface area contributed by atoms with Gasteiger partial charge in [0.05, 0.1) is 11.9 Å². The molecule has 0 atom stereocenters. The second kappa shape index (κ2) is 6.32. The fraction of sp³-hybridized carbons (Fsp3) is 0.158. The highest BCUT2D eigenvalue weighted by Crippen LogP contribution is 2.20. The highest BCUT2D eigenvalue weighted by molar-refractivity contribution is 5.91. The molecule has 124 valence electrons. The molecular formula is C19H16N4O2. The van der Waals surface area contributed by atoms with Gasteiger partial charge in [-0.15, -0.1) is 5.10 Å². The quantitative estimate of drug-likeness (QED) is 0.608. The number of fused-ring (bicyclic) bond motifs is 3. The van der Waals surface area contributed by atoms with Gasteiger partial charge in [0.25, 0.3) is 0 Å². The number of aliphatic carboxylic acids is 1. The molecule has 0 saturated carbocycles. The Morgan fingerprint density at radius 3 is 2.56 bits per heavy atom. The summed E-state index contributed by atoms with van der Waals surface area (Å²) in [4.78, 5) is 20.2. The largest absolute Gasteiger partial charge is 0.481 e. The van der Waals surface area contributed by atoms with Crippen molar-refractivity contribution in [2.45, 2.75) is 19.3 Å². The molecule has 6 nitrogen and oxygen atoms in total. The SMILES string of the molecule is O=C(O)CCc1nc2ccccc2c2nc(Cc3ccccc3)nn12. The Kier molecular flexibility index (Phi) is 3.85. The highest BCUT2D eigenvalue weighted by atomic mass is 16.4. The first-order chi connectivity index (χ1) is 12.2. The van der Waals surface area contributed by atoms with Crippen LogP contribution in [0.25, 0.3) is 16.6 Å². The van der Waals surface area contributed by atoms with Crippen molar-refractivity contribution >= 4 is 22.5 Å². The van der Waals surface area contributed by atoms with Crippen molar-refractivity contribution in [3.63, 3.8) is 0 Å². The third-order valence-electron chi connectivity index (χ3n) is 4.06. The van der Waals surface area contributed by atoms with Gasteiger partial charge in [-0.1, -0.05) is 42.5 Å². The minimum absolute atomic E-state index is 0.00825. The van der Waals surface area contributed by atoms with E-state index in [-0.39, 0.29) is 6.42 Å². The van der Waals surface area contributed by atoms with Crippen LogP contribution in [0.5, 0.6) is 0 Å². The Morgan fingerprint density at radius 1 is 1.00 bits per heavy atom. The van der Waals surface area contributed by atoms with Gasteiger partial charge in [-0.05, 0) is 17.7 Å². The van der Waals surface area contributed by atoms with Crippen LogP contribution in [0.1, 0.15) is 23.6 Å². The van der Waals surface area contributed by atoms with Gasteiger partial charge in [-0.2, -0.15) is 4.52 Å². The lowest BCUT2D eigenvalue weighted by Gasteiger charge is -2.05. The van der Waals surface area contributed by atoms with Crippen molar-refractivity contribution in [3.05, 3.63) is 71.8 Å². The molecule has 2 aromatic heterocycles. The Labute approximate surface area is 143 Å². The van der Waals surface area contributed by atoms with Crippen molar-refractivity contribution in [2.24, 2.45) is 0 Å². The Hall–Kier alpha value is -3.28. The number of para-hydroxylation sites is 1. The molecule has 2 heterocycles. The maximum atomic E-state index is 10.9. The monoisotopic (exact) mass is 332 g/mol. The molecule has 0 radical (unpaired) electrons. The molecule has 4 rings (SSSR count). The van der Waals surface area contributed by atoms with Gasteiger partial charge in [-0.25, -0.2) is 9.97 Å². The predicted octanol–water partition coefficient (Wildman–Crippen LogP) is 2.89. The summed E-state index contributed by atoms with van der Waals surface area (Å²) in [5, 5.41) is 14.5. The number of carboxylic acids is 1. The molecule has 0 unspecified atom stereocenters. The van der Waals surface area contributed by atoms with Gasteiger partial charge in [0.15, 0.2) is 11.5 Å². The number of nitrogens with zero attached hydrogens (tertiary/aromatic N) is 4. The molecule has 0 aliphatic heterocycles. The van der Waals surface area contributed by atoms with Crippen LogP contribution >= 0.6 is 0 Å². The van der Waals surface area contributed by atoms with Gasteiger partial charge in [-0.3, -0.25) is 4.79 Å². The Bertz CT molecular complexity index is 1060. The normalized spacial score (nSPS) is 11.2. The van der Waals surface area contributed by atoms with Crippen LogP contribution in [0, 0.1) is 0 Å². The van der Waals surface area contributed by atoms with Crippen LogP contribution in [-0.2, 0) is 17.6 Å². The summed E-state index contributed by atoms with van der Waals surface area (Å²) in [6.45, 7) is 0. The van der Waals surface area contributed by atoms with Crippen molar-refractivity contribution in [1.29, 1.82) is 0 Å². The van der Waals surface area contributed by atoms with Crippen LogP contribution < -0.4 is 0 Å². The second-order valence-electron chi connectivity index (χ2n) is 5.86. The first-order valence-corrected chi connectivity index (χ1v) is 8.10. The van der Waals surface area contributed by atoms with E-state index < -0.39 is 5.97 Å². The summed E-state index contributed by atoms with van der Waals surface area (Å²) in [6.07, 6.45) is 0.939. The summed E-state index contributed by atoms with van der Waals surface area (Å²) in [6, 6.07) is 17.7. The van der Waals surface area contributed by atoms with Crippen LogP contribution in [-0.4, -0.2) is 30.7 Å². The smallest absolute Gasteiger partial charge is 0.303 e. The van der Waals surface area contributed by atoms with E-state index in [0.29, 0.717) is 24.5 Å². The summed E-state index contributed by atoms with van der Waals surface area (Å²) in [5.41, 5.74) is 2.65. The average Bonchev–Trinajstić information content (AvgIpc) is 3.04. The molecule has 6 heteroatoms. The van der Waals surface area contributed by atoms with E-state index >= 15 is 0 Å². The number of aryl methyl sites for hydroxylation is 1. The summed E-state index contributed by atoms with van der Waals surface area (Å²) >= 11 is 0. The zero-order valence-corrected chi connectivity index (χ0v) is 13.5. The number of aromatic nitrogens is 4. The first kappa shape index (κ1) is 15.3. The molecular weight excluding hydrogens is 316 g/mol. The molecule has 1 N–H and O–H groups in total. The van der Waals surface area contributed by atoms with Gasteiger partial charge < -0.3 is 5.11 Å². The van der Waals surface area contributed by atoms with E-state index in [9.17, 15) is 4.79 Å². The third kappa shape index (κ3) is 3.06. The van der Waals surface area contributed by atoms with E-state index in [1.54, 1.807) is 4.52 Å². The standard InChI is InChI=1S/C19H16N4O2/c24-18(25)11-10-17-20-15-9-5-4-8-14(15)19-21-16(22-23(17)19)12-13-6-2-1-3-7-13/h1-9H,10-12H2,(H,24,25). The van der Waals surface area contributed by atoms with Gasteiger partial charge in [0.1, 0.15) is 5.82 Å². The maximum absolute atomic E-state index is 10.9. The number of hydrogen-bond acceptors (Lipinski definition) is 4. The lowest BCUT2D eigenvalue weighted by Crippen LogP contribution is -2.07. The Morgan fingerprint density at radius 2 is 1.76 bits per heavy atom. The van der Waals surface area contributed by atoms with E-state index in [1.807, 2.05) is 54.6 Å². The molecule has 0 amide bonds. The van der Waals surface area contributed by atoms with Crippen molar-refractivity contribution in [1.82, 2.24) is 19.6 Å². The number of carbonyl (C=O) groups is 1. The number of hydrogen-bond donors (Lipinski definition) is 1. The predicted molar refractivity (Wildman–Crippen MR) is 93.5 cm³/mol. The van der Waals surface area contributed by atoms with E-state index in [0.717, 1.165) is 22.1 Å². The first-order valence-electron chi connectivity index (χ1n) is 8.10. The number of rotatable bonds is 5. The Balaban J connectivity index is 1.83. The van der Waals surface area contributed by atoms with Crippen LogP contribution in [0.4, 0.5) is 0 Å². The average molecular weight is 332 g/mol. The van der Waals surface area contributed by atoms with Crippen molar-refractivity contribution in [3.8, 4) is 0 Å². The highest BCUT2D eigenvalue weighted by Gasteiger charge is 2.14. The zero-order chi connectivity index (χ0) is 17.2. The van der Waals surface area contributed by atoms with Crippen LogP contribution in [0.2, 0.25) is 0 Å². The summed E-state index contributed by atoms with van der Waals surface area (Å²) in [5.74, 6) is 0.455. The van der Waals surface area contributed by atoms with Crippen molar-refractivity contribution < 1.29 is 9.90 Å². The summed E-state index contributed by atoms with van der Waals surface area (Å²) < 4.78 is 1.68. The van der Waals surface area contributed by atoms with E-state index in [4.69, 9.17) is 5.11 Å². The zero-order valence-electron chi connectivity index (χ0n) is 13.5. The van der Waals surface area contributed by atoms with Crippen LogP contribution in [0.15, 0.2) is 54.6 Å². The molecule has 0 fully saturated rings. The van der Waals surface area contributed by atoms with Crippen molar-refractivity contribution in [2.75, 3.05) is 0 Å². The fourth-order valence-electron chi connectivity index (χ4n) is 2.89. The molecule has 0 saturated heterocycles. The van der Waals surface area contributed by atoms with Gasteiger partial charge in [0.2, 0.25) is 0 Å². The van der Waals surface area contributed by atoms with Crippen LogP contribution in [0.3, 0.4) is 0 Å². The lowest BCUT2D eigenvalue weighted by molar-refractivity contribution is -0.137. The number of carboxylic acid groups (broad SMARTS) is 1. The molecule has 0 bridgehead atoms. The second-order valence-corrected chi connectivity index (χ2v) is 5.86. The molecule has 0 aliphatic carbocycles. The lowest BCUT2D eigenvalue weighted by atomic mass is 10.1. The third-order valence-corrected chi connectivity index (χ3v) is 4.06. The van der Waals surface area contributed by atoms with E-state index in [2.05, 4.69) is 15.1 Å². The molecule has 2 aromatic carbocycles. The molecule has 4 aromatic rings. The van der Waals surface area contributed by atoms with Gasteiger partial charge in [0, 0.05) is 18.2 Å².